The van der Waals surface area contributed by atoms with E-state index in [1.54, 1.807) is 22.9 Å². The summed E-state index contributed by atoms with van der Waals surface area (Å²) >= 11 is 1.37. The van der Waals surface area contributed by atoms with Crippen LogP contribution in [0.4, 0.5) is 17.1 Å². The molecule has 1 fully saturated rings. The Morgan fingerprint density at radius 1 is 1.09 bits per heavy atom. The molecule has 2 aromatic carbocycles. The van der Waals surface area contributed by atoms with E-state index in [1.165, 1.54) is 30.2 Å². The number of nitro groups is 1. The van der Waals surface area contributed by atoms with Crippen LogP contribution in [0.3, 0.4) is 0 Å². The second kappa shape index (κ2) is 9.60. The Morgan fingerprint density at radius 2 is 1.88 bits per heavy atom. The molecule has 1 aromatic heterocycles. The number of nitrogens with one attached hydrogen (secondary N) is 1. The van der Waals surface area contributed by atoms with E-state index in [9.17, 15) is 14.9 Å². The molecule has 0 atom stereocenters. The number of benzene rings is 2. The highest BCUT2D eigenvalue weighted by Gasteiger charge is 2.19. The highest BCUT2D eigenvalue weighted by atomic mass is 32.1. The Kier molecular flexibility index (Phi) is 6.22. The zero-order chi connectivity index (χ0) is 23.5. The second-order valence-electron chi connectivity index (χ2n) is 8.20. The van der Waals surface area contributed by atoms with Crippen molar-refractivity contribution in [2.75, 3.05) is 11.9 Å². The summed E-state index contributed by atoms with van der Waals surface area (Å²) in [6, 6.07) is 12.0. The van der Waals surface area contributed by atoms with E-state index < -0.39 is 4.92 Å². The monoisotopic (exact) mass is 477 g/mol. The molecule has 1 aliphatic carbocycles. The number of carbonyl (C=O) groups is 1. The third-order valence-corrected chi connectivity index (χ3v) is 6.63. The molecule has 5 rings (SSSR count). The normalized spacial score (nSPS) is 16.3. The number of carbonyl (C=O) groups excluding carboxylic acids is 1. The van der Waals surface area contributed by atoms with Crippen LogP contribution >= 0.6 is 11.3 Å². The van der Waals surface area contributed by atoms with Crippen molar-refractivity contribution in [1.82, 2.24) is 4.68 Å². The molecule has 0 spiro atoms. The quantitative estimate of drug-likeness (QED) is 0.314. The summed E-state index contributed by atoms with van der Waals surface area (Å²) in [6.07, 6.45) is 6.41. The van der Waals surface area contributed by atoms with E-state index in [2.05, 4.69) is 10.3 Å². The lowest BCUT2D eigenvalue weighted by Crippen LogP contribution is -2.25. The highest BCUT2D eigenvalue weighted by molar-refractivity contribution is 7.07. The number of para-hydroxylation sites is 2. The number of nitro benzene ring substituents is 1. The van der Waals surface area contributed by atoms with Crippen LogP contribution in [0.25, 0.3) is 11.3 Å². The molecule has 10 heteroatoms. The van der Waals surface area contributed by atoms with Crippen molar-refractivity contribution < 1.29 is 14.5 Å². The van der Waals surface area contributed by atoms with Gasteiger partial charge in [-0.25, -0.2) is 9.67 Å². The molecule has 0 bridgehead atoms. The van der Waals surface area contributed by atoms with Crippen LogP contribution in [-0.4, -0.2) is 27.8 Å². The molecule has 3 aromatic rings. The summed E-state index contributed by atoms with van der Waals surface area (Å²) in [5.41, 5.74) is 3.55. The summed E-state index contributed by atoms with van der Waals surface area (Å²) in [5.74, 6) is 0.415. The molecule has 2 heterocycles. The number of fused-ring (bicyclic) bond motifs is 1. The van der Waals surface area contributed by atoms with Crippen molar-refractivity contribution in [3.8, 4) is 17.0 Å². The van der Waals surface area contributed by atoms with Gasteiger partial charge in [-0.3, -0.25) is 14.9 Å². The number of rotatable bonds is 4. The first-order chi connectivity index (χ1) is 16.6. The molecule has 0 unspecified atom stereocenters. The topological polar surface area (TPSA) is 111 Å². The predicted molar refractivity (Wildman–Crippen MR) is 131 cm³/mol. The number of aromatic nitrogens is 1. The fourth-order valence-corrected chi connectivity index (χ4v) is 4.95. The van der Waals surface area contributed by atoms with Gasteiger partial charge >= 0.3 is 0 Å². The van der Waals surface area contributed by atoms with E-state index in [0.29, 0.717) is 16.2 Å². The van der Waals surface area contributed by atoms with Crippen LogP contribution in [0.5, 0.6) is 5.75 Å². The largest absolute Gasteiger partial charge is 0.482 e. The Labute approximate surface area is 199 Å². The molecule has 1 aliphatic heterocycles. The van der Waals surface area contributed by atoms with E-state index in [0.717, 1.165) is 42.7 Å². The third kappa shape index (κ3) is 4.62. The maximum absolute atomic E-state index is 11.8. The van der Waals surface area contributed by atoms with Crippen LogP contribution in [0.15, 0.2) is 57.9 Å². The van der Waals surface area contributed by atoms with E-state index in [1.807, 2.05) is 23.6 Å². The van der Waals surface area contributed by atoms with Crippen molar-refractivity contribution in [3.63, 3.8) is 0 Å². The van der Waals surface area contributed by atoms with Gasteiger partial charge in [-0.05, 0) is 49.9 Å². The molecular weight excluding hydrogens is 454 g/mol. The number of amides is 1. The molecule has 0 radical (unpaired) electrons. The maximum Gasteiger partial charge on any atom is 0.294 e. The highest BCUT2D eigenvalue weighted by Crippen LogP contribution is 2.33. The standard InChI is InChI=1S/C24H23N5O4S/c30-23-14-33-22-12-11-16(13-19(22)25-23)21-15-34-24(26-18-9-5-6-10-20(18)29(31)32)28(21)27-17-7-3-1-2-4-8-17/h5-6,9-13,15H,1-4,7-8,14H2,(H,25,30). The van der Waals surface area contributed by atoms with Crippen molar-refractivity contribution in [1.29, 1.82) is 0 Å². The van der Waals surface area contributed by atoms with Gasteiger partial charge in [0.2, 0.25) is 4.80 Å². The first-order valence-corrected chi connectivity index (χ1v) is 12.1. The third-order valence-electron chi connectivity index (χ3n) is 5.81. The van der Waals surface area contributed by atoms with E-state index in [-0.39, 0.29) is 23.9 Å². The number of thiazole rings is 1. The van der Waals surface area contributed by atoms with Crippen LogP contribution < -0.4 is 14.9 Å². The fraction of sp³-hybridized carbons (Fsp3) is 0.292. The molecule has 1 N–H and O–H groups in total. The Balaban J connectivity index is 1.66. The van der Waals surface area contributed by atoms with Crippen molar-refractivity contribution in [2.45, 2.75) is 38.5 Å². The molecule has 34 heavy (non-hydrogen) atoms. The van der Waals surface area contributed by atoms with Gasteiger partial charge in [0.25, 0.3) is 11.6 Å². The number of nitrogens with zero attached hydrogens (tertiary/aromatic N) is 4. The lowest BCUT2D eigenvalue weighted by molar-refractivity contribution is -0.384. The van der Waals surface area contributed by atoms with Gasteiger partial charge in [0.15, 0.2) is 6.61 Å². The molecule has 174 valence electrons. The van der Waals surface area contributed by atoms with E-state index >= 15 is 0 Å². The minimum atomic E-state index is -0.430. The second-order valence-corrected chi connectivity index (χ2v) is 9.04. The lowest BCUT2D eigenvalue weighted by Gasteiger charge is -2.18. The van der Waals surface area contributed by atoms with Gasteiger partial charge < -0.3 is 10.1 Å². The SMILES string of the molecule is O=C1COc2ccc(-c3csc(=Nc4ccccc4[N+](=O)[O-])n3N=C3CCCCCC3)cc2N1. The summed E-state index contributed by atoms with van der Waals surface area (Å²) in [6.45, 7) is -0.00264. The molecule has 1 saturated carbocycles. The van der Waals surface area contributed by atoms with Crippen LogP contribution in [0.1, 0.15) is 38.5 Å². The van der Waals surface area contributed by atoms with E-state index in [4.69, 9.17) is 9.84 Å². The summed E-state index contributed by atoms with van der Waals surface area (Å²) in [7, 11) is 0. The summed E-state index contributed by atoms with van der Waals surface area (Å²) in [4.78, 5) is 28.1. The van der Waals surface area contributed by atoms with Gasteiger partial charge in [-0.15, -0.1) is 11.3 Å². The van der Waals surface area contributed by atoms with Gasteiger partial charge in [0.1, 0.15) is 11.4 Å². The average Bonchev–Trinajstić information content (AvgIpc) is 3.03. The Morgan fingerprint density at radius 3 is 2.68 bits per heavy atom. The van der Waals surface area contributed by atoms with Crippen LogP contribution in [0, 0.1) is 10.1 Å². The molecule has 1 amide bonds. The number of hydrogen-bond acceptors (Lipinski definition) is 7. The first-order valence-electron chi connectivity index (χ1n) is 11.2. The molecular formula is C24H23N5O4S. The number of anilines is 1. The minimum Gasteiger partial charge on any atom is -0.482 e. The number of ether oxygens (including phenoxy) is 1. The Hall–Kier alpha value is -3.79. The van der Waals surface area contributed by atoms with Gasteiger partial charge in [-0.1, -0.05) is 25.0 Å². The Bertz CT molecular complexity index is 1350. The fourth-order valence-electron chi connectivity index (χ4n) is 4.11. The van der Waals surface area contributed by atoms with Gasteiger partial charge in [0, 0.05) is 22.7 Å². The minimum absolute atomic E-state index is 0.00264. The predicted octanol–water partition coefficient (Wildman–Crippen LogP) is 5.25. The maximum atomic E-state index is 11.8. The summed E-state index contributed by atoms with van der Waals surface area (Å²) in [5, 5.41) is 21.3. The lowest BCUT2D eigenvalue weighted by atomic mass is 10.1. The van der Waals surface area contributed by atoms with Gasteiger partial charge in [-0.2, -0.15) is 5.10 Å². The van der Waals surface area contributed by atoms with Gasteiger partial charge in [0.05, 0.1) is 16.3 Å². The van der Waals surface area contributed by atoms with Crippen molar-refractivity contribution in [3.05, 3.63) is 62.8 Å². The number of hydrogen-bond donors (Lipinski definition) is 1. The average molecular weight is 478 g/mol. The molecule has 9 nitrogen and oxygen atoms in total. The van der Waals surface area contributed by atoms with Crippen LogP contribution in [0.2, 0.25) is 0 Å². The smallest absolute Gasteiger partial charge is 0.294 e. The molecule has 2 aliphatic rings. The molecule has 0 saturated heterocycles. The zero-order valence-corrected chi connectivity index (χ0v) is 19.2. The van der Waals surface area contributed by atoms with Crippen molar-refractivity contribution in [2.24, 2.45) is 10.1 Å². The van der Waals surface area contributed by atoms with Crippen LogP contribution in [-0.2, 0) is 4.79 Å². The van der Waals surface area contributed by atoms with Crippen molar-refractivity contribution >= 4 is 40.0 Å². The summed E-state index contributed by atoms with van der Waals surface area (Å²) < 4.78 is 7.26. The first kappa shape index (κ1) is 22.0. The zero-order valence-electron chi connectivity index (χ0n) is 18.4.